The number of hydrogen-bond acceptors (Lipinski definition) is 3. The largest absolute Gasteiger partial charge is 0.337 e. The van der Waals surface area contributed by atoms with Gasteiger partial charge in [0, 0.05) is 30.4 Å². The van der Waals surface area contributed by atoms with E-state index >= 15 is 0 Å². The van der Waals surface area contributed by atoms with Crippen LogP contribution in [0.15, 0.2) is 24.4 Å². The van der Waals surface area contributed by atoms with E-state index in [1.165, 1.54) is 0 Å². The third-order valence-electron chi connectivity index (χ3n) is 3.86. The van der Waals surface area contributed by atoms with Crippen LogP contribution >= 0.6 is 0 Å². The zero-order valence-corrected chi connectivity index (χ0v) is 11.8. The quantitative estimate of drug-likeness (QED) is 0.908. The first kappa shape index (κ1) is 12.8. The lowest BCUT2D eigenvalue weighted by Crippen LogP contribution is -2.29. The molecule has 1 aliphatic rings. The van der Waals surface area contributed by atoms with Crippen molar-refractivity contribution in [3.8, 4) is 0 Å². The number of pyridine rings is 1. The summed E-state index contributed by atoms with van der Waals surface area (Å²) in [5.74, 6) is 0.375. The zero-order chi connectivity index (χ0) is 14.1. The average Bonchev–Trinajstić information content (AvgIpc) is 3.06. The van der Waals surface area contributed by atoms with Crippen LogP contribution in [-0.4, -0.2) is 39.1 Å². The maximum Gasteiger partial charge on any atom is 0.272 e. The van der Waals surface area contributed by atoms with Crippen LogP contribution in [-0.2, 0) is 0 Å². The highest BCUT2D eigenvalue weighted by Crippen LogP contribution is 2.28. The van der Waals surface area contributed by atoms with Crippen molar-refractivity contribution in [2.24, 2.45) is 0 Å². The Balaban J connectivity index is 1.74. The summed E-state index contributed by atoms with van der Waals surface area (Å²) >= 11 is 0. The van der Waals surface area contributed by atoms with Crippen LogP contribution in [0.1, 0.15) is 39.8 Å². The second-order valence-electron chi connectivity index (χ2n) is 5.37. The Morgan fingerprint density at radius 3 is 2.95 bits per heavy atom. The fourth-order valence-corrected chi connectivity index (χ4v) is 2.77. The van der Waals surface area contributed by atoms with Crippen LogP contribution in [0.3, 0.4) is 0 Å². The molecule has 104 valence electrons. The highest BCUT2D eigenvalue weighted by atomic mass is 16.2. The second kappa shape index (κ2) is 5.07. The predicted molar refractivity (Wildman–Crippen MR) is 75.6 cm³/mol. The molecule has 1 fully saturated rings. The molecule has 3 rings (SSSR count). The number of rotatable bonds is 2. The minimum Gasteiger partial charge on any atom is -0.337 e. The van der Waals surface area contributed by atoms with E-state index in [0.717, 1.165) is 36.5 Å². The van der Waals surface area contributed by atoms with Crippen molar-refractivity contribution in [3.63, 3.8) is 0 Å². The molecule has 0 saturated carbocycles. The van der Waals surface area contributed by atoms with Crippen molar-refractivity contribution in [1.29, 1.82) is 0 Å². The molecule has 2 aromatic rings. The molecule has 3 heterocycles. The summed E-state index contributed by atoms with van der Waals surface area (Å²) in [7, 11) is 0. The van der Waals surface area contributed by atoms with Crippen LogP contribution in [0.5, 0.6) is 0 Å². The van der Waals surface area contributed by atoms with Gasteiger partial charge < -0.3 is 4.90 Å². The van der Waals surface area contributed by atoms with Crippen LogP contribution < -0.4 is 0 Å². The number of carbonyl (C=O) groups is 1. The van der Waals surface area contributed by atoms with E-state index in [4.69, 9.17) is 0 Å². The summed E-state index contributed by atoms with van der Waals surface area (Å²) in [6.45, 7) is 5.46. The first-order valence-corrected chi connectivity index (χ1v) is 6.88. The molecule has 0 aromatic carbocycles. The number of H-pyrrole nitrogens is 1. The third kappa shape index (κ3) is 2.31. The zero-order valence-electron chi connectivity index (χ0n) is 11.8. The van der Waals surface area contributed by atoms with Crippen molar-refractivity contribution in [2.45, 2.75) is 26.2 Å². The number of likely N-dealkylation sites (tertiary alicyclic amines) is 1. The van der Waals surface area contributed by atoms with Gasteiger partial charge in [-0.2, -0.15) is 5.10 Å². The van der Waals surface area contributed by atoms with Crippen LogP contribution in [0.4, 0.5) is 0 Å². The normalized spacial score (nSPS) is 18.5. The summed E-state index contributed by atoms with van der Waals surface area (Å²) in [5.41, 5.74) is 3.72. The van der Waals surface area contributed by atoms with Gasteiger partial charge in [0.15, 0.2) is 0 Å². The summed E-state index contributed by atoms with van der Waals surface area (Å²) in [4.78, 5) is 18.6. The monoisotopic (exact) mass is 270 g/mol. The third-order valence-corrected chi connectivity index (χ3v) is 3.86. The highest BCUT2D eigenvalue weighted by Gasteiger charge is 2.30. The second-order valence-corrected chi connectivity index (χ2v) is 5.37. The lowest BCUT2D eigenvalue weighted by molar-refractivity contribution is 0.0784. The molecule has 0 bridgehead atoms. The molecule has 0 radical (unpaired) electrons. The molecule has 1 aliphatic heterocycles. The molecule has 1 amide bonds. The van der Waals surface area contributed by atoms with Crippen molar-refractivity contribution >= 4 is 5.91 Å². The van der Waals surface area contributed by atoms with Crippen LogP contribution in [0.25, 0.3) is 0 Å². The van der Waals surface area contributed by atoms with Gasteiger partial charge in [-0.1, -0.05) is 6.07 Å². The SMILES string of the molecule is Cc1cccc(C(=O)N2CC[C@@H](c3[nH]ncc3C)C2)n1. The Hall–Kier alpha value is -2.17. The van der Waals surface area contributed by atoms with Gasteiger partial charge in [0.2, 0.25) is 0 Å². The maximum absolute atomic E-state index is 12.4. The summed E-state index contributed by atoms with van der Waals surface area (Å²) in [6.07, 6.45) is 2.81. The highest BCUT2D eigenvalue weighted by molar-refractivity contribution is 5.92. The predicted octanol–water partition coefficient (Wildman–Crippen LogP) is 2.05. The summed E-state index contributed by atoms with van der Waals surface area (Å²) in [5, 5.41) is 7.12. The number of nitrogens with zero attached hydrogens (tertiary/aromatic N) is 3. The lowest BCUT2D eigenvalue weighted by Gasteiger charge is -2.16. The number of aryl methyl sites for hydroxylation is 2. The molecular weight excluding hydrogens is 252 g/mol. The van der Waals surface area contributed by atoms with Crippen molar-refractivity contribution in [2.75, 3.05) is 13.1 Å². The van der Waals surface area contributed by atoms with Crippen molar-refractivity contribution < 1.29 is 4.79 Å². The first-order chi connectivity index (χ1) is 9.65. The molecule has 5 heteroatoms. The van der Waals surface area contributed by atoms with Crippen LogP contribution in [0.2, 0.25) is 0 Å². The number of amides is 1. The molecule has 1 atom stereocenters. The molecule has 1 N–H and O–H groups in total. The summed E-state index contributed by atoms with van der Waals surface area (Å²) < 4.78 is 0. The Bertz CT molecular complexity index is 634. The summed E-state index contributed by atoms with van der Waals surface area (Å²) in [6, 6.07) is 5.56. The molecule has 0 aliphatic carbocycles. The van der Waals surface area contributed by atoms with E-state index < -0.39 is 0 Å². The van der Waals surface area contributed by atoms with Gasteiger partial charge in [-0.15, -0.1) is 0 Å². The first-order valence-electron chi connectivity index (χ1n) is 6.88. The average molecular weight is 270 g/mol. The number of nitrogens with one attached hydrogen (secondary N) is 1. The van der Waals surface area contributed by atoms with E-state index in [0.29, 0.717) is 11.6 Å². The van der Waals surface area contributed by atoms with E-state index in [1.54, 1.807) is 6.07 Å². The topological polar surface area (TPSA) is 61.9 Å². The lowest BCUT2D eigenvalue weighted by atomic mass is 10.0. The number of aromatic nitrogens is 3. The Labute approximate surface area is 118 Å². The Morgan fingerprint density at radius 2 is 2.25 bits per heavy atom. The fourth-order valence-electron chi connectivity index (χ4n) is 2.77. The maximum atomic E-state index is 12.4. The van der Waals surface area contributed by atoms with E-state index in [2.05, 4.69) is 15.2 Å². The molecular formula is C15H18N4O. The Morgan fingerprint density at radius 1 is 1.40 bits per heavy atom. The van der Waals surface area contributed by atoms with E-state index in [1.807, 2.05) is 37.1 Å². The van der Waals surface area contributed by atoms with Gasteiger partial charge in [0.05, 0.1) is 6.20 Å². The van der Waals surface area contributed by atoms with Crippen LogP contribution in [0, 0.1) is 13.8 Å². The van der Waals surface area contributed by atoms with E-state index in [9.17, 15) is 4.79 Å². The smallest absolute Gasteiger partial charge is 0.272 e. The van der Waals surface area contributed by atoms with E-state index in [-0.39, 0.29) is 5.91 Å². The van der Waals surface area contributed by atoms with Gasteiger partial charge in [-0.25, -0.2) is 4.98 Å². The molecule has 20 heavy (non-hydrogen) atoms. The molecule has 0 unspecified atom stereocenters. The van der Waals surface area contributed by atoms with Gasteiger partial charge in [-0.3, -0.25) is 9.89 Å². The van der Waals surface area contributed by atoms with Gasteiger partial charge in [0.1, 0.15) is 5.69 Å². The fraction of sp³-hybridized carbons (Fsp3) is 0.400. The Kier molecular flexibility index (Phi) is 3.26. The minimum atomic E-state index is 0.0216. The van der Waals surface area contributed by atoms with Gasteiger partial charge in [-0.05, 0) is 38.0 Å². The minimum absolute atomic E-state index is 0.0216. The number of carbonyl (C=O) groups excluding carboxylic acids is 1. The van der Waals surface area contributed by atoms with Crippen molar-refractivity contribution in [1.82, 2.24) is 20.1 Å². The molecule has 2 aromatic heterocycles. The van der Waals surface area contributed by atoms with Crippen molar-refractivity contribution in [3.05, 3.63) is 47.0 Å². The van der Waals surface area contributed by atoms with Gasteiger partial charge in [0.25, 0.3) is 5.91 Å². The number of aromatic amines is 1. The molecule has 1 saturated heterocycles. The molecule has 5 nitrogen and oxygen atoms in total. The number of hydrogen-bond donors (Lipinski definition) is 1. The standard InChI is InChI=1S/C15H18N4O/c1-10-8-16-18-14(10)12-6-7-19(9-12)15(20)13-5-3-4-11(2)17-13/h3-5,8,12H,6-7,9H2,1-2H3,(H,16,18)/t12-/m1/s1. The molecule has 0 spiro atoms. The van der Waals surface area contributed by atoms with Gasteiger partial charge >= 0.3 is 0 Å².